The Bertz CT molecular complexity index is 710. The highest BCUT2D eigenvalue weighted by molar-refractivity contribution is 5.93. The zero-order valence-corrected chi connectivity index (χ0v) is 13.0. The first kappa shape index (κ1) is 15.6. The Morgan fingerprint density at radius 1 is 0.818 bits per heavy atom. The lowest BCUT2D eigenvalue weighted by atomic mass is 10.1. The molecule has 116 valence electrons. The molecule has 0 saturated heterocycles. The minimum atomic E-state index is -0.544. The zero-order chi connectivity index (χ0) is 16.3. The minimum Gasteiger partial charge on any atom is -0.406 e. The van der Waals surface area contributed by atoms with E-state index in [1.807, 2.05) is 18.2 Å². The number of carbonyl (C=O) groups is 2. The molecule has 6 nitrogen and oxygen atoms in total. The predicted molar refractivity (Wildman–Crippen MR) is 83.4 cm³/mol. The van der Waals surface area contributed by atoms with Gasteiger partial charge in [-0.15, -0.1) is 0 Å². The molecule has 2 rings (SSSR count). The van der Waals surface area contributed by atoms with Crippen LogP contribution in [0.1, 0.15) is 0 Å². The molecule has 0 atom stereocenters. The monoisotopic (exact) mass is 302 g/mol. The van der Waals surface area contributed by atoms with Gasteiger partial charge in [0.25, 0.3) is 0 Å². The summed E-state index contributed by atoms with van der Waals surface area (Å²) in [5.74, 6) is 0.430. The highest BCUT2D eigenvalue weighted by Crippen LogP contribution is 2.36. The standard InChI is InChI=1S/C16H18N2O4/c1-17(2)15(19)21-13-10-9-11-7-5-6-8-12(11)14(13)22-16(20)18(3)4/h5-10H,1-4H3. The van der Waals surface area contributed by atoms with Crippen LogP contribution in [0.5, 0.6) is 11.5 Å². The van der Waals surface area contributed by atoms with Gasteiger partial charge in [0.15, 0.2) is 11.5 Å². The Hall–Kier alpha value is -2.76. The van der Waals surface area contributed by atoms with E-state index in [1.54, 1.807) is 46.4 Å². The van der Waals surface area contributed by atoms with Crippen LogP contribution in [0.4, 0.5) is 9.59 Å². The van der Waals surface area contributed by atoms with Crippen molar-refractivity contribution in [2.75, 3.05) is 28.2 Å². The van der Waals surface area contributed by atoms with Crippen molar-refractivity contribution < 1.29 is 19.1 Å². The molecule has 0 bridgehead atoms. The van der Waals surface area contributed by atoms with Crippen LogP contribution in [0.2, 0.25) is 0 Å². The lowest BCUT2D eigenvalue weighted by Crippen LogP contribution is -2.27. The molecule has 2 amide bonds. The molecule has 2 aromatic rings. The third kappa shape index (κ3) is 3.28. The lowest BCUT2D eigenvalue weighted by molar-refractivity contribution is 0.161. The topological polar surface area (TPSA) is 59.1 Å². The number of amides is 2. The van der Waals surface area contributed by atoms with Gasteiger partial charge in [0.05, 0.1) is 0 Å². The van der Waals surface area contributed by atoms with E-state index < -0.39 is 12.2 Å². The molecule has 22 heavy (non-hydrogen) atoms. The maximum absolute atomic E-state index is 11.9. The summed E-state index contributed by atoms with van der Waals surface area (Å²) in [6.07, 6.45) is -1.09. The summed E-state index contributed by atoms with van der Waals surface area (Å²) in [6, 6.07) is 10.8. The Kier molecular flexibility index (Phi) is 4.50. The lowest BCUT2D eigenvalue weighted by Gasteiger charge is -2.17. The zero-order valence-electron chi connectivity index (χ0n) is 13.0. The molecule has 0 aliphatic carbocycles. The molecule has 0 N–H and O–H groups in total. The van der Waals surface area contributed by atoms with Crippen LogP contribution >= 0.6 is 0 Å². The number of ether oxygens (including phenoxy) is 2. The maximum atomic E-state index is 11.9. The first-order chi connectivity index (χ1) is 10.4. The molecule has 0 aromatic heterocycles. The maximum Gasteiger partial charge on any atom is 0.414 e. The fourth-order valence-corrected chi connectivity index (χ4v) is 1.77. The van der Waals surface area contributed by atoms with E-state index in [0.717, 1.165) is 5.39 Å². The van der Waals surface area contributed by atoms with Crippen LogP contribution in [0.25, 0.3) is 10.8 Å². The molecule has 0 unspecified atom stereocenters. The highest BCUT2D eigenvalue weighted by atomic mass is 16.6. The summed E-state index contributed by atoms with van der Waals surface area (Å²) in [4.78, 5) is 26.3. The van der Waals surface area contributed by atoms with Gasteiger partial charge >= 0.3 is 12.2 Å². The van der Waals surface area contributed by atoms with Crippen LogP contribution < -0.4 is 9.47 Å². The first-order valence-corrected chi connectivity index (χ1v) is 6.70. The van der Waals surface area contributed by atoms with Crippen molar-refractivity contribution in [2.45, 2.75) is 0 Å². The first-order valence-electron chi connectivity index (χ1n) is 6.70. The average Bonchev–Trinajstić information content (AvgIpc) is 2.49. The molecule has 0 saturated carbocycles. The largest absolute Gasteiger partial charge is 0.414 e. The highest BCUT2D eigenvalue weighted by Gasteiger charge is 2.18. The van der Waals surface area contributed by atoms with E-state index in [9.17, 15) is 9.59 Å². The second kappa shape index (κ2) is 6.34. The third-order valence-electron chi connectivity index (χ3n) is 2.96. The van der Waals surface area contributed by atoms with Crippen molar-refractivity contribution in [1.82, 2.24) is 9.80 Å². The minimum absolute atomic E-state index is 0.201. The van der Waals surface area contributed by atoms with Crippen molar-refractivity contribution in [3.63, 3.8) is 0 Å². The Morgan fingerprint density at radius 2 is 1.41 bits per heavy atom. The van der Waals surface area contributed by atoms with Crippen LogP contribution in [0.15, 0.2) is 36.4 Å². The summed E-state index contributed by atoms with van der Waals surface area (Å²) >= 11 is 0. The van der Waals surface area contributed by atoms with Gasteiger partial charge in [0, 0.05) is 33.6 Å². The van der Waals surface area contributed by atoms with Crippen LogP contribution in [-0.4, -0.2) is 50.2 Å². The average molecular weight is 302 g/mol. The number of rotatable bonds is 2. The normalized spacial score (nSPS) is 10.2. The number of nitrogens with zero attached hydrogens (tertiary/aromatic N) is 2. The number of benzene rings is 2. The third-order valence-corrected chi connectivity index (χ3v) is 2.96. The fourth-order valence-electron chi connectivity index (χ4n) is 1.77. The molecular formula is C16H18N2O4. The van der Waals surface area contributed by atoms with E-state index >= 15 is 0 Å². The second-order valence-electron chi connectivity index (χ2n) is 5.14. The smallest absolute Gasteiger partial charge is 0.406 e. The van der Waals surface area contributed by atoms with Crippen LogP contribution in [0, 0.1) is 0 Å². The molecular weight excluding hydrogens is 284 g/mol. The molecule has 2 aromatic carbocycles. The Balaban J connectivity index is 2.50. The van der Waals surface area contributed by atoms with Gasteiger partial charge in [-0.3, -0.25) is 0 Å². The van der Waals surface area contributed by atoms with Gasteiger partial charge in [-0.25, -0.2) is 9.59 Å². The number of hydrogen-bond donors (Lipinski definition) is 0. The van der Waals surface area contributed by atoms with Crippen molar-refractivity contribution in [1.29, 1.82) is 0 Å². The molecule has 0 fully saturated rings. The van der Waals surface area contributed by atoms with Crippen molar-refractivity contribution in [3.05, 3.63) is 36.4 Å². The number of carbonyl (C=O) groups excluding carboxylic acids is 2. The van der Waals surface area contributed by atoms with Gasteiger partial charge < -0.3 is 19.3 Å². The molecule has 0 radical (unpaired) electrons. The Labute approximate surface area is 128 Å². The van der Waals surface area contributed by atoms with Gasteiger partial charge in [0.1, 0.15) is 0 Å². The second-order valence-corrected chi connectivity index (χ2v) is 5.14. The van der Waals surface area contributed by atoms with Crippen LogP contribution in [-0.2, 0) is 0 Å². The van der Waals surface area contributed by atoms with Crippen molar-refractivity contribution in [2.24, 2.45) is 0 Å². The molecule has 0 spiro atoms. The van der Waals surface area contributed by atoms with E-state index in [4.69, 9.17) is 9.47 Å². The number of fused-ring (bicyclic) bond motifs is 1. The SMILES string of the molecule is CN(C)C(=O)Oc1ccc2ccccc2c1OC(=O)N(C)C. The van der Waals surface area contributed by atoms with Gasteiger partial charge in [-0.05, 0) is 11.5 Å². The Morgan fingerprint density at radius 3 is 2.05 bits per heavy atom. The summed E-state index contributed by atoms with van der Waals surface area (Å²) < 4.78 is 10.7. The molecule has 6 heteroatoms. The molecule has 0 aliphatic rings. The summed E-state index contributed by atoms with van der Waals surface area (Å²) in [5, 5.41) is 1.58. The predicted octanol–water partition coefficient (Wildman–Crippen LogP) is 2.96. The molecule has 0 heterocycles. The van der Waals surface area contributed by atoms with Crippen LogP contribution in [0.3, 0.4) is 0 Å². The van der Waals surface area contributed by atoms with Crippen molar-refractivity contribution in [3.8, 4) is 11.5 Å². The van der Waals surface area contributed by atoms with Crippen molar-refractivity contribution >= 4 is 23.0 Å². The fraction of sp³-hybridized carbons (Fsp3) is 0.250. The van der Waals surface area contributed by atoms with Gasteiger partial charge in [-0.2, -0.15) is 0 Å². The van der Waals surface area contributed by atoms with Gasteiger partial charge in [0.2, 0.25) is 0 Å². The summed E-state index contributed by atoms with van der Waals surface area (Å²) in [6.45, 7) is 0. The van der Waals surface area contributed by atoms with E-state index in [-0.39, 0.29) is 11.5 Å². The van der Waals surface area contributed by atoms with E-state index in [1.165, 1.54) is 9.80 Å². The quantitative estimate of drug-likeness (QED) is 0.855. The number of hydrogen-bond acceptors (Lipinski definition) is 4. The van der Waals surface area contributed by atoms with Gasteiger partial charge in [-0.1, -0.05) is 30.3 Å². The summed E-state index contributed by atoms with van der Waals surface area (Å²) in [7, 11) is 6.32. The van der Waals surface area contributed by atoms with E-state index in [2.05, 4.69) is 0 Å². The summed E-state index contributed by atoms with van der Waals surface area (Å²) in [5.41, 5.74) is 0. The molecule has 0 aliphatic heterocycles. The van der Waals surface area contributed by atoms with E-state index in [0.29, 0.717) is 5.39 Å².